The summed E-state index contributed by atoms with van der Waals surface area (Å²) in [5.41, 5.74) is 1.03. The van der Waals surface area contributed by atoms with Gasteiger partial charge in [-0.3, -0.25) is 4.79 Å². The third kappa shape index (κ3) is 1.25. The largest absolute Gasteiger partial charge is 0.373 e. The summed E-state index contributed by atoms with van der Waals surface area (Å²) in [7, 11) is 1.53. The first-order valence-electron chi connectivity index (χ1n) is 4.50. The van der Waals surface area contributed by atoms with Crippen molar-refractivity contribution in [3.63, 3.8) is 0 Å². The molecule has 3 nitrogen and oxygen atoms in total. The average molecular weight is 192 g/mol. The number of benzene rings is 1. The highest BCUT2D eigenvalue weighted by atomic mass is 16.5. The Morgan fingerprint density at radius 2 is 2.29 bits per heavy atom. The molecule has 1 unspecified atom stereocenters. The van der Waals surface area contributed by atoms with E-state index in [9.17, 15) is 4.79 Å². The molecule has 0 fully saturated rings. The van der Waals surface area contributed by atoms with Crippen molar-refractivity contribution in [2.24, 2.45) is 0 Å². The van der Waals surface area contributed by atoms with E-state index in [1.807, 2.05) is 24.3 Å². The van der Waals surface area contributed by atoms with Crippen LogP contribution < -0.4 is 0 Å². The van der Waals surface area contributed by atoms with Gasteiger partial charge in [0.25, 0.3) is 0 Å². The quantitative estimate of drug-likeness (QED) is 0.662. The van der Waals surface area contributed by atoms with E-state index >= 15 is 0 Å². The fourth-order valence-electron chi connectivity index (χ4n) is 1.76. The van der Waals surface area contributed by atoms with Gasteiger partial charge in [-0.2, -0.15) is 0 Å². The minimum atomic E-state index is -0.908. The van der Waals surface area contributed by atoms with Crippen LogP contribution in [-0.4, -0.2) is 20.0 Å². The Labute approximate surface area is 82.6 Å². The molecule has 1 aliphatic rings. The van der Waals surface area contributed by atoms with Crippen LogP contribution in [0, 0.1) is 0 Å². The zero-order chi connectivity index (χ0) is 10.0. The topological polar surface area (TPSA) is 35.5 Å². The Bertz CT molecular complexity index is 348. The smallest absolute Gasteiger partial charge is 0.171 e. The summed E-state index contributed by atoms with van der Waals surface area (Å²) in [4.78, 5) is 11.1. The summed E-state index contributed by atoms with van der Waals surface area (Å²) < 4.78 is 10.6. The van der Waals surface area contributed by atoms with Crippen molar-refractivity contribution in [1.29, 1.82) is 0 Å². The molecule has 1 heterocycles. The Kier molecular flexibility index (Phi) is 2.35. The maximum Gasteiger partial charge on any atom is 0.171 e. The van der Waals surface area contributed by atoms with Crippen molar-refractivity contribution in [2.45, 2.75) is 12.2 Å². The Morgan fingerprint density at radius 1 is 1.50 bits per heavy atom. The fraction of sp³-hybridized carbons (Fsp3) is 0.364. The second kappa shape index (κ2) is 3.52. The molecule has 0 saturated carbocycles. The van der Waals surface area contributed by atoms with Crippen LogP contribution in [0.15, 0.2) is 24.3 Å². The van der Waals surface area contributed by atoms with E-state index in [4.69, 9.17) is 9.47 Å². The number of methoxy groups -OCH3 is 1. The third-order valence-electron chi connectivity index (χ3n) is 2.60. The van der Waals surface area contributed by atoms with Crippen molar-refractivity contribution in [2.75, 3.05) is 13.7 Å². The standard InChI is InChI=1S/C11H12O3/c1-13-11(7-12)8-14-6-9-4-2-3-5-10(9)11/h2-5,7H,6,8H2,1H3. The summed E-state index contributed by atoms with van der Waals surface area (Å²) >= 11 is 0. The molecule has 0 N–H and O–H groups in total. The summed E-state index contributed by atoms with van der Waals surface area (Å²) in [5, 5.41) is 0. The molecular weight excluding hydrogens is 180 g/mol. The number of hydrogen-bond donors (Lipinski definition) is 0. The molecule has 0 spiro atoms. The van der Waals surface area contributed by atoms with Gasteiger partial charge in [0.15, 0.2) is 11.9 Å². The van der Waals surface area contributed by atoms with Crippen molar-refractivity contribution >= 4 is 6.29 Å². The van der Waals surface area contributed by atoms with Crippen molar-refractivity contribution in [1.82, 2.24) is 0 Å². The number of carbonyl (C=O) groups excluding carboxylic acids is 1. The number of rotatable bonds is 2. The Morgan fingerprint density at radius 3 is 3.00 bits per heavy atom. The van der Waals surface area contributed by atoms with Crippen LogP contribution in [0.2, 0.25) is 0 Å². The van der Waals surface area contributed by atoms with Crippen LogP contribution in [0.4, 0.5) is 0 Å². The van der Waals surface area contributed by atoms with E-state index < -0.39 is 5.60 Å². The van der Waals surface area contributed by atoms with Gasteiger partial charge in [0.2, 0.25) is 0 Å². The van der Waals surface area contributed by atoms with Crippen LogP contribution in [0.1, 0.15) is 11.1 Å². The van der Waals surface area contributed by atoms with E-state index in [0.717, 1.165) is 17.4 Å². The van der Waals surface area contributed by atoms with E-state index in [-0.39, 0.29) is 0 Å². The van der Waals surface area contributed by atoms with Crippen molar-refractivity contribution in [3.8, 4) is 0 Å². The fourth-order valence-corrected chi connectivity index (χ4v) is 1.76. The van der Waals surface area contributed by atoms with Crippen molar-refractivity contribution < 1.29 is 14.3 Å². The molecule has 1 atom stereocenters. The number of ether oxygens (including phenoxy) is 2. The predicted molar refractivity (Wildman–Crippen MR) is 50.8 cm³/mol. The minimum Gasteiger partial charge on any atom is -0.373 e. The lowest BCUT2D eigenvalue weighted by Crippen LogP contribution is -2.39. The molecule has 0 bridgehead atoms. The van der Waals surface area contributed by atoms with Crippen LogP contribution in [-0.2, 0) is 26.5 Å². The first-order chi connectivity index (χ1) is 6.82. The molecule has 14 heavy (non-hydrogen) atoms. The van der Waals surface area contributed by atoms with Crippen molar-refractivity contribution in [3.05, 3.63) is 35.4 Å². The van der Waals surface area contributed by atoms with Crippen LogP contribution >= 0.6 is 0 Å². The van der Waals surface area contributed by atoms with Gasteiger partial charge in [0, 0.05) is 7.11 Å². The number of fused-ring (bicyclic) bond motifs is 1. The molecule has 1 aromatic rings. The molecule has 74 valence electrons. The van der Waals surface area contributed by atoms with Gasteiger partial charge >= 0.3 is 0 Å². The summed E-state index contributed by atoms with van der Waals surface area (Å²) in [6.07, 6.45) is 0.811. The van der Waals surface area contributed by atoms with Crippen LogP contribution in [0.3, 0.4) is 0 Å². The average Bonchev–Trinajstić information content (AvgIpc) is 2.28. The van der Waals surface area contributed by atoms with Crippen LogP contribution in [0.25, 0.3) is 0 Å². The highest BCUT2D eigenvalue weighted by Gasteiger charge is 2.37. The van der Waals surface area contributed by atoms with Crippen LogP contribution in [0.5, 0.6) is 0 Å². The number of carbonyl (C=O) groups is 1. The highest BCUT2D eigenvalue weighted by Crippen LogP contribution is 2.31. The van der Waals surface area contributed by atoms with E-state index in [1.165, 1.54) is 7.11 Å². The first-order valence-corrected chi connectivity index (χ1v) is 4.50. The summed E-state index contributed by atoms with van der Waals surface area (Å²) in [6.45, 7) is 0.846. The maximum absolute atomic E-state index is 11.1. The molecule has 0 aromatic heterocycles. The Hall–Kier alpha value is -1.19. The van der Waals surface area contributed by atoms with E-state index in [1.54, 1.807) is 0 Å². The summed E-state index contributed by atoms with van der Waals surface area (Å²) in [6, 6.07) is 7.70. The number of aldehydes is 1. The maximum atomic E-state index is 11.1. The lowest BCUT2D eigenvalue weighted by atomic mass is 9.90. The number of hydrogen-bond acceptors (Lipinski definition) is 3. The lowest BCUT2D eigenvalue weighted by Gasteiger charge is -2.32. The highest BCUT2D eigenvalue weighted by molar-refractivity contribution is 5.68. The van der Waals surface area contributed by atoms with E-state index in [0.29, 0.717) is 13.2 Å². The minimum absolute atomic E-state index is 0.296. The molecule has 1 aromatic carbocycles. The molecule has 1 aliphatic heterocycles. The van der Waals surface area contributed by atoms with Gasteiger partial charge < -0.3 is 9.47 Å². The van der Waals surface area contributed by atoms with Gasteiger partial charge in [-0.05, 0) is 11.1 Å². The molecule has 0 saturated heterocycles. The zero-order valence-corrected chi connectivity index (χ0v) is 8.03. The summed E-state index contributed by atoms with van der Waals surface area (Å²) in [5.74, 6) is 0. The lowest BCUT2D eigenvalue weighted by molar-refractivity contribution is -0.142. The predicted octanol–water partition coefficient (Wildman–Crippen LogP) is 1.26. The van der Waals surface area contributed by atoms with Gasteiger partial charge in [-0.15, -0.1) is 0 Å². The normalized spacial score (nSPS) is 25.5. The van der Waals surface area contributed by atoms with Gasteiger partial charge in [-0.25, -0.2) is 0 Å². The van der Waals surface area contributed by atoms with E-state index in [2.05, 4.69) is 0 Å². The third-order valence-corrected chi connectivity index (χ3v) is 2.60. The Balaban J connectivity index is 2.53. The van der Waals surface area contributed by atoms with Gasteiger partial charge in [-0.1, -0.05) is 24.3 Å². The second-order valence-corrected chi connectivity index (χ2v) is 3.36. The molecular formula is C11H12O3. The SMILES string of the molecule is COC1(C=O)COCc2ccccc21. The van der Waals surface area contributed by atoms with Gasteiger partial charge in [0.1, 0.15) is 0 Å². The second-order valence-electron chi connectivity index (χ2n) is 3.36. The molecule has 0 aliphatic carbocycles. The first kappa shape index (κ1) is 9.37. The molecule has 3 heteroatoms. The monoisotopic (exact) mass is 192 g/mol. The molecule has 0 amide bonds. The molecule has 0 radical (unpaired) electrons. The van der Waals surface area contributed by atoms with Gasteiger partial charge in [0.05, 0.1) is 13.2 Å². The molecule has 2 rings (SSSR count). The zero-order valence-electron chi connectivity index (χ0n) is 8.03.